The Morgan fingerprint density at radius 2 is 1.76 bits per heavy atom. The van der Waals surface area contributed by atoms with Crippen LogP contribution in [-0.2, 0) is 25.6 Å². The van der Waals surface area contributed by atoms with Gasteiger partial charge in [-0.1, -0.05) is 43.3 Å². The maximum absolute atomic E-state index is 17.6. The number of alkyl halides is 2. The van der Waals surface area contributed by atoms with Crippen molar-refractivity contribution in [2.45, 2.75) is 63.5 Å². The van der Waals surface area contributed by atoms with Gasteiger partial charge in [-0.2, -0.15) is 0 Å². The summed E-state index contributed by atoms with van der Waals surface area (Å²) in [7, 11) is 0. The molecule has 1 saturated heterocycles. The molecule has 1 unspecified atom stereocenters. The number of allylic oxidation sites excluding steroid dienone is 4. The first-order chi connectivity index (χ1) is 19.8. The van der Waals surface area contributed by atoms with Crippen molar-refractivity contribution < 1.29 is 43.3 Å². The molecule has 224 valence electrons. The van der Waals surface area contributed by atoms with Crippen LogP contribution in [0.3, 0.4) is 0 Å². The number of carboxylic acid groups (broad SMARTS) is 1. The lowest BCUT2D eigenvalue weighted by molar-refractivity contribution is -0.212. The standard InChI is InChI=1S/C32H35F2NO7/c1-29-9-8-18(37)11-21(29)23(33)13-20-19-12-22-27(28(41)42)35(26(40)10-17-6-4-3-5-7-17)16-31(22,25(39)15-36)30(19,2)14-24(38)32(20,29)34/h3-9,11,19-20,22-24,27,36,38H,10,12-16H2,1-2H3,(H,41,42)/t19-,20-,22-,23-,24-,27?,29-,30-,31+,32-/m0/s1. The third kappa shape index (κ3) is 3.45. The van der Waals surface area contributed by atoms with Crippen LogP contribution in [0.15, 0.2) is 54.1 Å². The number of aliphatic carboxylic acids is 1. The number of amides is 1. The number of carbonyl (C=O) groups excluding carboxylic acids is 3. The first-order valence-electron chi connectivity index (χ1n) is 14.4. The summed E-state index contributed by atoms with van der Waals surface area (Å²) < 4.78 is 33.4. The van der Waals surface area contributed by atoms with Gasteiger partial charge in [-0.3, -0.25) is 14.4 Å². The highest BCUT2D eigenvalue weighted by Crippen LogP contribution is 2.75. The third-order valence-corrected chi connectivity index (χ3v) is 11.7. The van der Waals surface area contributed by atoms with Crippen molar-refractivity contribution in [3.63, 3.8) is 0 Å². The Labute approximate surface area is 242 Å². The lowest BCUT2D eigenvalue weighted by Crippen LogP contribution is -2.69. The fourth-order valence-electron chi connectivity index (χ4n) is 9.85. The van der Waals surface area contributed by atoms with Crippen molar-refractivity contribution in [1.29, 1.82) is 0 Å². The number of rotatable bonds is 5. The molecule has 1 heterocycles. The number of halogens is 2. The van der Waals surface area contributed by atoms with E-state index in [4.69, 9.17) is 0 Å². The van der Waals surface area contributed by atoms with Crippen LogP contribution in [0.5, 0.6) is 0 Å². The van der Waals surface area contributed by atoms with Crippen LogP contribution < -0.4 is 0 Å². The van der Waals surface area contributed by atoms with Crippen molar-refractivity contribution in [2.24, 2.45) is 34.0 Å². The number of fused-ring (bicyclic) bond motifs is 7. The summed E-state index contributed by atoms with van der Waals surface area (Å²) in [6.07, 6.45) is -0.481. The minimum absolute atomic E-state index is 0.00186. The number of carboxylic acids is 1. The van der Waals surface area contributed by atoms with Crippen LogP contribution in [0, 0.1) is 34.0 Å². The number of Topliss-reactive ketones (excluding diaryl/α,β-unsaturated/α-hetero) is 1. The Morgan fingerprint density at radius 1 is 1.07 bits per heavy atom. The van der Waals surface area contributed by atoms with E-state index in [0.717, 1.165) is 6.08 Å². The predicted octanol–water partition coefficient (Wildman–Crippen LogP) is 2.62. The quantitative estimate of drug-likeness (QED) is 0.486. The largest absolute Gasteiger partial charge is 0.480 e. The van der Waals surface area contributed by atoms with E-state index < -0.39 is 88.0 Å². The van der Waals surface area contributed by atoms with E-state index in [1.165, 1.54) is 24.0 Å². The summed E-state index contributed by atoms with van der Waals surface area (Å²) in [5.74, 6) is -5.77. The molecule has 0 spiro atoms. The molecule has 10 heteroatoms. The molecule has 0 aromatic heterocycles. The molecular weight excluding hydrogens is 548 g/mol. The molecular formula is C32H35F2NO7. The lowest BCUT2D eigenvalue weighted by Gasteiger charge is -2.63. The monoisotopic (exact) mass is 583 g/mol. The van der Waals surface area contributed by atoms with E-state index >= 15 is 8.78 Å². The molecule has 0 radical (unpaired) electrons. The normalized spacial score (nSPS) is 43.6. The summed E-state index contributed by atoms with van der Waals surface area (Å²) in [5, 5.41) is 32.3. The van der Waals surface area contributed by atoms with Gasteiger partial charge in [0.2, 0.25) is 5.91 Å². The Morgan fingerprint density at radius 3 is 2.40 bits per heavy atom. The van der Waals surface area contributed by atoms with Crippen molar-refractivity contribution in [1.82, 2.24) is 4.90 Å². The van der Waals surface area contributed by atoms with Gasteiger partial charge in [-0.15, -0.1) is 0 Å². The molecule has 4 fully saturated rings. The Bertz CT molecular complexity index is 1430. The summed E-state index contributed by atoms with van der Waals surface area (Å²) in [5.41, 5.74) is -6.23. The number of likely N-dealkylation sites (tertiary alicyclic amines) is 1. The first kappa shape index (κ1) is 28.9. The average Bonchev–Trinajstić information content (AvgIpc) is 3.42. The summed E-state index contributed by atoms with van der Waals surface area (Å²) in [4.78, 5) is 53.5. The molecule has 1 aromatic carbocycles. The summed E-state index contributed by atoms with van der Waals surface area (Å²) >= 11 is 0. The van der Waals surface area contributed by atoms with Gasteiger partial charge in [-0.25, -0.2) is 13.6 Å². The molecule has 0 bridgehead atoms. The number of hydrogen-bond donors (Lipinski definition) is 3. The van der Waals surface area contributed by atoms with Crippen molar-refractivity contribution in [3.05, 3.63) is 59.7 Å². The highest BCUT2D eigenvalue weighted by molar-refractivity contribution is 6.01. The second kappa shape index (κ2) is 9.38. The molecule has 10 atom stereocenters. The third-order valence-electron chi connectivity index (χ3n) is 11.7. The van der Waals surface area contributed by atoms with Gasteiger partial charge in [0.25, 0.3) is 0 Å². The molecule has 3 saturated carbocycles. The second-order valence-electron chi connectivity index (χ2n) is 13.2. The molecule has 1 amide bonds. The van der Waals surface area contributed by atoms with E-state index in [0.29, 0.717) is 5.56 Å². The smallest absolute Gasteiger partial charge is 0.326 e. The van der Waals surface area contributed by atoms with Gasteiger partial charge in [0.05, 0.1) is 17.9 Å². The van der Waals surface area contributed by atoms with Gasteiger partial charge in [0, 0.05) is 23.8 Å². The molecule has 1 aromatic rings. The average molecular weight is 584 g/mol. The van der Waals surface area contributed by atoms with E-state index in [1.54, 1.807) is 37.3 Å². The molecule has 6 rings (SSSR count). The Kier molecular flexibility index (Phi) is 6.44. The van der Waals surface area contributed by atoms with Crippen LogP contribution >= 0.6 is 0 Å². The van der Waals surface area contributed by atoms with Gasteiger partial charge >= 0.3 is 5.97 Å². The van der Waals surface area contributed by atoms with E-state index in [-0.39, 0.29) is 37.8 Å². The number of carbonyl (C=O) groups is 4. The number of aliphatic hydroxyl groups excluding tert-OH is 2. The van der Waals surface area contributed by atoms with Crippen molar-refractivity contribution >= 4 is 23.4 Å². The fourth-order valence-corrected chi connectivity index (χ4v) is 9.85. The molecule has 42 heavy (non-hydrogen) atoms. The van der Waals surface area contributed by atoms with Gasteiger partial charge in [0.1, 0.15) is 18.8 Å². The molecule has 8 nitrogen and oxygen atoms in total. The van der Waals surface area contributed by atoms with Gasteiger partial charge in [0.15, 0.2) is 17.2 Å². The lowest BCUT2D eigenvalue weighted by atomic mass is 9.43. The Balaban J connectivity index is 1.45. The number of benzene rings is 1. The van der Waals surface area contributed by atoms with E-state index in [1.807, 2.05) is 0 Å². The minimum Gasteiger partial charge on any atom is -0.480 e. The highest BCUT2D eigenvalue weighted by Gasteiger charge is 2.80. The molecule has 4 aliphatic carbocycles. The van der Waals surface area contributed by atoms with Gasteiger partial charge in [-0.05, 0) is 60.8 Å². The van der Waals surface area contributed by atoms with E-state index in [2.05, 4.69) is 0 Å². The van der Waals surface area contributed by atoms with Crippen LogP contribution in [0.1, 0.15) is 38.7 Å². The number of ketones is 2. The van der Waals surface area contributed by atoms with Crippen molar-refractivity contribution in [2.75, 3.05) is 13.2 Å². The van der Waals surface area contributed by atoms with Crippen molar-refractivity contribution in [3.8, 4) is 0 Å². The highest BCUT2D eigenvalue weighted by atomic mass is 19.1. The predicted molar refractivity (Wildman–Crippen MR) is 145 cm³/mol. The van der Waals surface area contributed by atoms with E-state index in [9.17, 15) is 34.5 Å². The number of nitrogens with zero attached hydrogens (tertiary/aromatic N) is 1. The Hall–Kier alpha value is -3.24. The molecule has 1 aliphatic heterocycles. The van der Waals surface area contributed by atoms with Crippen LogP contribution in [0.4, 0.5) is 8.78 Å². The SMILES string of the molecule is C[C@]12C=CC(=O)C=C1[C@@H](F)C[C@H]1[C@@H]3C[C@H]4C(C(=O)O)N(C(=O)Cc5ccccc5)C[C@@]4(C(=O)CO)[C@@]3(C)C[C@H](O)[C@@]12F. The van der Waals surface area contributed by atoms with Crippen LogP contribution in [0.25, 0.3) is 0 Å². The zero-order valence-electron chi connectivity index (χ0n) is 23.5. The fraction of sp³-hybridized carbons (Fsp3) is 0.562. The maximum atomic E-state index is 17.6. The topological polar surface area (TPSA) is 132 Å². The molecule has 3 N–H and O–H groups in total. The second-order valence-corrected chi connectivity index (χ2v) is 13.2. The number of hydrogen-bond acceptors (Lipinski definition) is 6. The minimum atomic E-state index is -2.40. The van der Waals surface area contributed by atoms with Crippen LogP contribution in [-0.4, -0.2) is 80.8 Å². The zero-order chi connectivity index (χ0) is 30.4. The maximum Gasteiger partial charge on any atom is 0.326 e. The van der Waals surface area contributed by atoms with Gasteiger partial charge < -0.3 is 20.2 Å². The number of aliphatic hydroxyl groups is 2. The van der Waals surface area contributed by atoms with Crippen LogP contribution in [0.2, 0.25) is 0 Å². The summed E-state index contributed by atoms with van der Waals surface area (Å²) in [6.45, 7) is 1.94. The first-order valence-corrected chi connectivity index (χ1v) is 14.4. The summed E-state index contributed by atoms with van der Waals surface area (Å²) in [6, 6.07) is 7.35. The zero-order valence-corrected chi connectivity index (χ0v) is 23.5. The molecule has 5 aliphatic rings.